The fourth-order valence-corrected chi connectivity index (χ4v) is 3.47. The van der Waals surface area contributed by atoms with Gasteiger partial charge in [0.05, 0.1) is 13.4 Å². The summed E-state index contributed by atoms with van der Waals surface area (Å²) in [5.74, 6) is 0.505. The molecule has 1 aromatic heterocycles. The lowest BCUT2D eigenvalue weighted by atomic mass is 9.96. The molecule has 0 bridgehead atoms. The molecule has 1 saturated carbocycles. The zero-order valence-corrected chi connectivity index (χ0v) is 16.8. The van der Waals surface area contributed by atoms with Crippen molar-refractivity contribution in [1.82, 2.24) is 10.6 Å². The maximum absolute atomic E-state index is 12.9. The third kappa shape index (κ3) is 6.24. The molecular weight excluding hydrogens is 368 g/mol. The van der Waals surface area contributed by atoms with Crippen LogP contribution in [0.15, 0.2) is 52.8 Å². The predicted octanol–water partition coefficient (Wildman–Crippen LogP) is 4.29. The van der Waals surface area contributed by atoms with Crippen LogP contribution >= 0.6 is 0 Å². The Morgan fingerprint density at radius 3 is 2.34 bits per heavy atom. The number of nitrogens with one attached hydrogen (secondary N) is 2. The summed E-state index contributed by atoms with van der Waals surface area (Å²) in [4.78, 5) is 25.6. The van der Waals surface area contributed by atoms with Gasteiger partial charge in [-0.1, -0.05) is 32.1 Å². The van der Waals surface area contributed by atoms with Gasteiger partial charge in [0.2, 0.25) is 0 Å². The number of hydrogen-bond donors (Lipinski definition) is 2. The molecule has 0 aliphatic heterocycles. The zero-order valence-electron chi connectivity index (χ0n) is 16.8. The first kappa shape index (κ1) is 20.7. The van der Waals surface area contributed by atoms with Crippen LogP contribution in [-0.2, 0) is 4.79 Å². The summed E-state index contributed by atoms with van der Waals surface area (Å²) in [5, 5.41) is 5.83. The number of amides is 2. The van der Waals surface area contributed by atoms with Crippen LogP contribution in [0.1, 0.15) is 61.1 Å². The Balaban J connectivity index is 1.73. The van der Waals surface area contributed by atoms with Gasteiger partial charge in [-0.3, -0.25) is 9.59 Å². The van der Waals surface area contributed by atoms with E-state index in [4.69, 9.17) is 9.15 Å². The van der Waals surface area contributed by atoms with Gasteiger partial charge < -0.3 is 19.8 Å². The molecule has 0 spiro atoms. The number of furan rings is 1. The molecule has 0 radical (unpaired) electrons. The fraction of sp³-hybridized carbons (Fsp3) is 0.391. The molecule has 154 valence electrons. The van der Waals surface area contributed by atoms with Crippen LogP contribution in [0.4, 0.5) is 0 Å². The van der Waals surface area contributed by atoms with Crippen molar-refractivity contribution in [3.05, 3.63) is 59.7 Å². The Kier molecular flexibility index (Phi) is 7.50. The molecule has 1 aromatic carbocycles. The molecule has 1 fully saturated rings. The second-order valence-electron chi connectivity index (χ2n) is 7.27. The Morgan fingerprint density at radius 1 is 1.03 bits per heavy atom. The first-order valence-corrected chi connectivity index (χ1v) is 10.2. The lowest BCUT2D eigenvalue weighted by molar-refractivity contribution is -0.118. The normalized spacial score (nSPS) is 15.8. The standard InChI is InChI=1S/C23H28N2O4/c1-28-19-13-11-17(12-14-19)22(26)25-21(16-20-10-7-15-29-20)23(27)24-18-8-5-3-2-4-6-9-18/h7,10-16,18H,2-6,8-9H2,1H3,(H,24,27)(H,25,26)/b21-16-. The van der Waals surface area contributed by atoms with E-state index in [0.717, 1.165) is 25.7 Å². The monoisotopic (exact) mass is 396 g/mol. The van der Waals surface area contributed by atoms with Gasteiger partial charge in [-0.25, -0.2) is 0 Å². The molecule has 6 nitrogen and oxygen atoms in total. The average Bonchev–Trinajstić information content (AvgIpc) is 3.22. The Bertz CT molecular complexity index is 817. The highest BCUT2D eigenvalue weighted by Crippen LogP contribution is 2.18. The summed E-state index contributed by atoms with van der Waals surface area (Å²) >= 11 is 0. The minimum atomic E-state index is -0.363. The van der Waals surface area contributed by atoms with Gasteiger partial charge in [-0.05, 0) is 49.2 Å². The lowest BCUT2D eigenvalue weighted by Crippen LogP contribution is -2.40. The van der Waals surface area contributed by atoms with Gasteiger partial charge in [0.15, 0.2) is 0 Å². The number of carbonyl (C=O) groups excluding carboxylic acids is 2. The van der Waals surface area contributed by atoms with Gasteiger partial charge in [0.1, 0.15) is 17.2 Å². The van der Waals surface area contributed by atoms with Crippen LogP contribution in [0.3, 0.4) is 0 Å². The summed E-state index contributed by atoms with van der Waals surface area (Å²) < 4.78 is 10.5. The Morgan fingerprint density at radius 2 is 1.72 bits per heavy atom. The van der Waals surface area contributed by atoms with E-state index in [1.807, 2.05) is 0 Å². The SMILES string of the molecule is COc1ccc(C(=O)N/C(=C\c2ccco2)C(=O)NC2CCCCCCC2)cc1. The van der Waals surface area contributed by atoms with Crippen LogP contribution < -0.4 is 15.4 Å². The summed E-state index contributed by atoms with van der Waals surface area (Å²) in [6.07, 6.45) is 10.9. The zero-order chi connectivity index (χ0) is 20.5. The molecule has 0 unspecified atom stereocenters. The smallest absolute Gasteiger partial charge is 0.268 e. The van der Waals surface area contributed by atoms with Crippen molar-refractivity contribution in [2.75, 3.05) is 7.11 Å². The first-order chi connectivity index (χ1) is 14.2. The number of methoxy groups -OCH3 is 1. The molecule has 29 heavy (non-hydrogen) atoms. The molecule has 1 heterocycles. The Hall–Kier alpha value is -3.02. The van der Waals surface area contributed by atoms with Crippen LogP contribution in [0.25, 0.3) is 6.08 Å². The average molecular weight is 396 g/mol. The third-order valence-electron chi connectivity index (χ3n) is 5.12. The van der Waals surface area contributed by atoms with E-state index in [9.17, 15) is 9.59 Å². The van der Waals surface area contributed by atoms with Crippen molar-refractivity contribution in [2.24, 2.45) is 0 Å². The molecule has 1 aliphatic carbocycles. The quantitative estimate of drug-likeness (QED) is 0.714. The second kappa shape index (κ2) is 10.5. The molecule has 2 amide bonds. The highest BCUT2D eigenvalue weighted by molar-refractivity contribution is 6.05. The van der Waals surface area contributed by atoms with Crippen molar-refractivity contribution < 1.29 is 18.7 Å². The van der Waals surface area contributed by atoms with E-state index in [0.29, 0.717) is 17.1 Å². The number of carbonyl (C=O) groups is 2. The molecule has 2 aromatic rings. The van der Waals surface area contributed by atoms with Gasteiger partial charge in [-0.15, -0.1) is 0 Å². The number of hydrogen-bond acceptors (Lipinski definition) is 4. The van der Waals surface area contributed by atoms with Crippen molar-refractivity contribution >= 4 is 17.9 Å². The van der Waals surface area contributed by atoms with E-state index >= 15 is 0 Å². The van der Waals surface area contributed by atoms with Gasteiger partial charge in [-0.2, -0.15) is 0 Å². The van der Waals surface area contributed by atoms with E-state index in [1.54, 1.807) is 49.6 Å². The lowest BCUT2D eigenvalue weighted by Gasteiger charge is -2.22. The summed E-state index contributed by atoms with van der Waals surface area (Å²) in [6, 6.07) is 10.3. The van der Waals surface area contributed by atoms with Gasteiger partial charge >= 0.3 is 0 Å². The molecule has 2 N–H and O–H groups in total. The number of benzene rings is 1. The largest absolute Gasteiger partial charge is 0.497 e. The number of rotatable bonds is 6. The highest BCUT2D eigenvalue weighted by atomic mass is 16.5. The van der Waals surface area contributed by atoms with Gasteiger partial charge in [0.25, 0.3) is 11.8 Å². The topological polar surface area (TPSA) is 80.6 Å². The molecule has 3 rings (SSSR count). The van der Waals surface area contributed by atoms with Crippen molar-refractivity contribution in [1.29, 1.82) is 0 Å². The summed E-state index contributed by atoms with van der Waals surface area (Å²) in [5.41, 5.74) is 0.609. The molecule has 1 aliphatic rings. The van der Waals surface area contributed by atoms with Crippen molar-refractivity contribution in [3.8, 4) is 5.75 Å². The second-order valence-corrected chi connectivity index (χ2v) is 7.27. The first-order valence-electron chi connectivity index (χ1n) is 10.2. The molecular formula is C23H28N2O4. The van der Waals surface area contributed by atoms with Crippen LogP contribution in [0, 0.1) is 0 Å². The van der Waals surface area contributed by atoms with E-state index in [2.05, 4.69) is 10.6 Å². The van der Waals surface area contributed by atoms with Crippen LogP contribution in [-0.4, -0.2) is 25.0 Å². The molecule has 6 heteroatoms. The molecule has 0 atom stereocenters. The van der Waals surface area contributed by atoms with E-state index < -0.39 is 0 Å². The van der Waals surface area contributed by atoms with Gasteiger partial charge in [0, 0.05) is 17.7 Å². The van der Waals surface area contributed by atoms with E-state index in [1.165, 1.54) is 25.5 Å². The number of ether oxygens (including phenoxy) is 1. The minimum absolute atomic E-state index is 0.126. The van der Waals surface area contributed by atoms with Crippen LogP contribution in [0.2, 0.25) is 0 Å². The summed E-state index contributed by atoms with van der Waals surface area (Å²) in [6.45, 7) is 0. The van der Waals surface area contributed by atoms with Crippen molar-refractivity contribution in [2.45, 2.75) is 51.0 Å². The maximum atomic E-state index is 12.9. The highest BCUT2D eigenvalue weighted by Gasteiger charge is 2.19. The van der Waals surface area contributed by atoms with Crippen molar-refractivity contribution in [3.63, 3.8) is 0 Å². The Labute approximate surface area is 171 Å². The summed E-state index contributed by atoms with van der Waals surface area (Å²) in [7, 11) is 1.57. The molecule has 0 saturated heterocycles. The fourth-order valence-electron chi connectivity index (χ4n) is 3.47. The third-order valence-corrected chi connectivity index (χ3v) is 5.12. The maximum Gasteiger partial charge on any atom is 0.268 e. The predicted molar refractivity (Wildman–Crippen MR) is 111 cm³/mol. The van der Waals surface area contributed by atoms with Crippen LogP contribution in [0.5, 0.6) is 5.75 Å². The minimum Gasteiger partial charge on any atom is -0.497 e. The van der Waals surface area contributed by atoms with E-state index in [-0.39, 0.29) is 23.6 Å².